The Kier molecular flexibility index (Phi) is 2.06. The molecule has 0 aliphatic carbocycles. The lowest BCUT2D eigenvalue weighted by Crippen LogP contribution is -2.34. The summed E-state index contributed by atoms with van der Waals surface area (Å²) >= 11 is 6.05. The van der Waals surface area contributed by atoms with E-state index >= 15 is 0 Å². The molecule has 0 saturated carbocycles. The molecule has 0 amide bonds. The van der Waals surface area contributed by atoms with Crippen LogP contribution in [0.1, 0.15) is 24.1 Å². The Morgan fingerprint density at radius 3 is 3.24 bits per heavy atom. The van der Waals surface area contributed by atoms with E-state index in [1.165, 1.54) is 48.0 Å². The smallest absolute Gasteiger partial charge is 0.0474 e. The Morgan fingerprint density at radius 1 is 1.35 bits per heavy atom. The van der Waals surface area contributed by atoms with Crippen LogP contribution in [0.5, 0.6) is 0 Å². The van der Waals surface area contributed by atoms with Gasteiger partial charge in [0.1, 0.15) is 0 Å². The Hall–Kier alpha value is -0.990. The predicted molar refractivity (Wildman–Crippen MR) is 70.4 cm³/mol. The Bertz CT molecular complexity index is 587. The van der Waals surface area contributed by atoms with Crippen LogP contribution in [0.15, 0.2) is 18.2 Å². The molecule has 88 valence electrons. The maximum atomic E-state index is 6.05. The van der Waals surface area contributed by atoms with Gasteiger partial charge in [0.05, 0.1) is 0 Å². The largest absolute Gasteiger partial charge is 0.357 e. The summed E-state index contributed by atoms with van der Waals surface area (Å²) in [7, 11) is 0. The average molecular weight is 247 g/mol. The monoisotopic (exact) mass is 246 g/mol. The molecule has 0 spiro atoms. The zero-order chi connectivity index (χ0) is 11.4. The van der Waals surface area contributed by atoms with Gasteiger partial charge in [-0.2, -0.15) is 0 Å². The number of hydrogen-bond acceptors (Lipinski definition) is 1. The highest BCUT2D eigenvalue weighted by Gasteiger charge is 2.31. The van der Waals surface area contributed by atoms with Gasteiger partial charge in [0.25, 0.3) is 0 Å². The first-order chi connectivity index (χ1) is 8.31. The second kappa shape index (κ2) is 3.50. The molecule has 17 heavy (non-hydrogen) atoms. The molecular formula is C14H15ClN2. The van der Waals surface area contributed by atoms with Crippen molar-refractivity contribution in [3.05, 3.63) is 34.5 Å². The third-order valence-electron chi connectivity index (χ3n) is 4.26. The van der Waals surface area contributed by atoms with E-state index in [-0.39, 0.29) is 0 Å². The van der Waals surface area contributed by atoms with Crippen molar-refractivity contribution in [2.75, 3.05) is 6.54 Å². The minimum atomic E-state index is 0.775. The van der Waals surface area contributed by atoms with Crippen LogP contribution in [0.4, 0.5) is 0 Å². The molecule has 4 rings (SSSR count). The number of nitrogens with one attached hydrogen (secondary N) is 1. The van der Waals surface area contributed by atoms with Crippen LogP contribution in [0.3, 0.4) is 0 Å². The third kappa shape index (κ3) is 1.44. The fourth-order valence-corrected chi connectivity index (χ4v) is 3.60. The van der Waals surface area contributed by atoms with Crippen molar-refractivity contribution in [3.63, 3.8) is 0 Å². The summed E-state index contributed by atoms with van der Waals surface area (Å²) in [5, 5.41) is 2.19. The molecule has 1 saturated heterocycles. The molecular weight excluding hydrogens is 232 g/mol. The maximum Gasteiger partial charge on any atom is 0.0474 e. The van der Waals surface area contributed by atoms with E-state index < -0.39 is 0 Å². The molecule has 2 aliphatic rings. The fourth-order valence-electron chi connectivity index (χ4n) is 3.42. The number of aromatic nitrogens is 1. The van der Waals surface area contributed by atoms with Gasteiger partial charge in [-0.3, -0.25) is 4.90 Å². The van der Waals surface area contributed by atoms with Gasteiger partial charge < -0.3 is 4.98 Å². The van der Waals surface area contributed by atoms with Gasteiger partial charge in [-0.05, 0) is 43.5 Å². The highest BCUT2D eigenvalue weighted by molar-refractivity contribution is 6.31. The molecule has 1 fully saturated rings. The first-order valence-corrected chi connectivity index (χ1v) is 6.72. The minimum absolute atomic E-state index is 0.775. The zero-order valence-corrected chi connectivity index (χ0v) is 10.4. The number of H-pyrrole nitrogens is 1. The normalized spacial score (nSPS) is 23.9. The van der Waals surface area contributed by atoms with Gasteiger partial charge in [-0.1, -0.05) is 17.7 Å². The van der Waals surface area contributed by atoms with Crippen molar-refractivity contribution in [1.29, 1.82) is 0 Å². The third-order valence-corrected chi connectivity index (χ3v) is 4.49. The van der Waals surface area contributed by atoms with Gasteiger partial charge in [0.15, 0.2) is 0 Å². The van der Waals surface area contributed by atoms with E-state index in [1.54, 1.807) is 0 Å². The second-order valence-electron chi connectivity index (χ2n) is 5.24. The zero-order valence-electron chi connectivity index (χ0n) is 9.67. The second-order valence-corrected chi connectivity index (χ2v) is 5.68. The summed E-state index contributed by atoms with van der Waals surface area (Å²) in [6, 6.07) is 6.98. The van der Waals surface area contributed by atoms with Gasteiger partial charge in [-0.25, -0.2) is 0 Å². The molecule has 2 nitrogen and oxygen atoms in total. The first kappa shape index (κ1) is 9.98. The summed E-state index contributed by atoms with van der Waals surface area (Å²) in [6.07, 6.45) is 3.93. The number of benzene rings is 1. The predicted octanol–water partition coefficient (Wildman–Crippen LogP) is 3.34. The fraction of sp³-hybridized carbons (Fsp3) is 0.429. The molecule has 1 N–H and O–H groups in total. The van der Waals surface area contributed by atoms with Crippen molar-refractivity contribution in [2.45, 2.75) is 31.8 Å². The summed E-state index contributed by atoms with van der Waals surface area (Å²) in [5.74, 6) is 0. The first-order valence-electron chi connectivity index (χ1n) is 6.34. The van der Waals surface area contributed by atoms with Crippen molar-refractivity contribution >= 4 is 22.5 Å². The minimum Gasteiger partial charge on any atom is -0.357 e. The Balaban J connectivity index is 1.88. The van der Waals surface area contributed by atoms with Crippen molar-refractivity contribution < 1.29 is 0 Å². The van der Waals surface area contributed by atoms with Gasteiger partial charge in [0.2, 0.25) is 0 Å². The lowest BCUT2D eigenvalue weighted by atomic mass is 9.97. The van der Waals surface area contributed by atoms with E-state index in [0.717, 1.165) is 17.6 Å². The molecule has 3 heterocycles. The van der Waals surface area contributed by atoms with Crippen LogP contribution in [-0.2, 0) is 13.0 Å². The molecule has 1 aromatic carbocycles. The Labute approximate surface area is 106 Å². The van der Waals surface area contributed by atoms with Crippen LogP contribution in [0, 0.1) is 0 Å². The van der Waals surface area contributed by atoms with Crippen LogP contribution in [0.2, 0.25) is 5.02 Å². The van der Waals surface area contributed by atoms with Crippen molar-refractivity contribution in [1.82, 2.24) is 9.88 Å². The molecule has 0 radical (unpaired) electrons. The molecule has 2 aromatic rings. The Morgan fingerprint density at radius 2 is 2.29 bits per heavy atom. The van der Waals surface area contributed by atoms with E-state index in [4.69, 9.17) is 11.6 Å². The van der Waals surface area contributed by atoms with E-state index in [2.05, 4.69) is 16.0 Å². The number of aromatic amines is 1. The molecule has 0 bridgehead atoms. The standard InChI is InChI=1S/C14H15ClN2/c15-9-3-4-11-12-7-10-2-1-5-17(10)8-14(12)16-13(11)6-9/h3-4,6,10,16H,1-2,5,7-8H2. The van der Waals surface area contributed by atoms with E-state index in [0.29, 0.717) is 0 Å². The van der Waals surface area contributed by atoms with E-state index in [9.17, 15) is 0 Å². The number of rotatable bonds is 0. The quantitative estimate of drug-likeness (QED) is 0.756. The number of fused-ring (bicyclic) bond motifs is 4. The maximum absolute atomic E-state index is 6.05. The lowest BCUT2D eigenvalue weighted by Gasteiger charge is -2.29. The molecule has 1 unspecified atom stereocenters. The highest BCUT2D eigenvalue weighted by Crippen LogP contribution is 2.34. The van der Waals surface area contributed by atoms with Gasteiger partial charge >= 0.3 is 0 Å². The van der Waals surface area contributed by atoms with Crippen molar-refractivity contribution in [3.8, 4) is 0 Å². The van der Waals surface area contributed by atoms with Gasteiger partial charge in [0, 0.05) is 34.2 Å². The summed E-state index contributed by atoms with van der Waals surface area (Å²) in [5.41, 5.74) is 4.13. The van der Waals surface area contributed by atoms with Crippen LogP contribution >= 0.6 is 11.6 Å². The summed E-state index contributed by atoms with van der Waals surface area (Å²) < 4.78 is 0. The lowest BCUT2D eigenvalue weighted by molar-refractivity contribution is 0.225. The molecule has 2 aliphatic heterocycles. The highest BCUT2D eigenvalue weighted by atomic mass is 35.5. The number of nitrogens with zero attached hydrogens (tertiary/aromatic N) is 1. The average Bonchev–Trinajstić information content (AvgIpc) is 2.87. The molecule has 3 heteroatoms. The van der Waals surface area contributed by atoms with Crippen LogP contribution < -0.4 is 0 Å². The molecule has 1 atom stereocenters. The van der Waals surface area contributed by atoms with Crippen LogP contribution in [-0.4, -0.2) is 22.5 Å². The summed E-state index contributed by atoms with van der Waals surface area (Å²) in [6.45, 7) is 2.35. The summed E-state index contributed by atoms with van der Waals surface area (Å²) in [4.78, 5) is 6.15. The van der Waals surface area contributed by atoms with E-state index in [1.807, 2.05) is 12.1 Å². The van der Waals surface area contributed by atoms with Gasteiger partial charge in [-0.15, -0.1) is 0 Å². The van der Waals surface area contributed by atoms with Crippen molar-refractivity contribution in [2.24, 2.45) is 0 Å². The van der Waals surface area contributed by atoms with Crippen LogP contribution in [0.25, 0.3) is 10.9 Å². The number of hydrogen-bond donors (Lipinski definition) is 1. The number of halogens is 1. The SMILES string of the molecule is Clc1ccc2c3c([nH]c2c1)CN1CCCC1C3. The topological polar surface area (TPSA) is 19.0 Å². The molecule has 1 aromatic heterocycles.